The lowest BCUT2D eigenvalue weighted by atomic mass is 10.1. The van der Waals surface area contributed by atoms with Gasteiger partial charge in [-0.1, -0.05) is 18.5 Å². The molecule has 2 heterocycles. The average molecular weight is 312 g/mol. The number of likely N-dealkylation sites (N-methyl/N-ethyl adjacent to an activating group) is 1. The molecule has 1 aliphatic heterocycles. The number of rotatable bonds is 5. The summed E-state index contributed by atoms with van der Waals surface area (Å²) in [5.74, 6) is 0.581. The molecule has 1 N–H and O–H groups in total. The zero-order valence-electron chi connectivity index (χ0n) is 12.7. The second-order valence-electron chi connectivity index (χ2n) is 5.32. The van der Waals surface area contributed by atoms with Crippen LogP contribution in [-0.4, -0.2) is 48.1 Å². The van der Waals surface area contributed by atoms with Crippen LogP contribution >= 0.6 is 11.6 Å². The van der Waals surface area contributed by atoms with E-state index in [2.05, 4.69) is 17.2 Å². The number of hydrogen-bond acceptors (Lipinski definition) is 4. The van der Waals surface area contributed by atoms with Crippen molar-refractivity contribution < 1.29 is 9.53 Å². The molecule has 1 aromatic rings. The molecule has 116 valence electrons. The van der Waals surface area contributed by atoms with E-state index in [9.17, 15) is 4.79 Å². The maximum atomic E-state index is 12.7. The fraction of sp³-hybridized carbons (Fsp3) is 0.600. The Labute approximate surface area is 130 Å². The van der Waals surface area contributed by atoms with Gasteiger partial charge in [-0.15, -0.1) is 0 Å². The molecule has 1 saturated heterocycles. The smallest absolute Gasteiger partial charge is 0.255 e. The van der Waals surface area contributed by atoms with Crippen LogP contribution in [0.5, 0.6) is 0 Å². The molecule has 0 aliphatic carbocycles. The lowest BCUT2D eigenvalue weighted by Crippen LogP contribution is -2.41. The van der Waals surface area contributed by atoms with E-state index in [1.165, 1.54) is 6.20 Å². The Morgan fingerprint density at radius 1 is 1.62 bits per heavy atom. The average Bonchev–Trinajstić information content (AvgIpc) is 2.91. The van der Waals surface area contributed by atoms with Gasteiger partial charge < -0.3 is 15.0 Å². The largest absolute Gasteiger partial charge is 0.376 e. The molecule has 1 aromatic heterocycles. The summed E-state index contributed by atoms with van der Waals surface area (Å²) in [7, 11) is 1.80. The SMILES string of the molecule is CCCNc1cc(C(=O)N(C)C2CCOC2C)c(Cl)cn1. The minimum Gasteiger partial charge on any atom is -0.376 e. The number of aromatic nitrogens is 1. The first-order valence-corrected chi connectivity index (χ1v) is 7.70. The van der Waals surface area contributed by atoms with Gasteiger partial charge in [0.25, 0.3) is 5.91 Å². The number of anilines is 1. The van der Waals surface area contributed by atoms with E-state index < -0.39 is 0 Å². The molecular formula is C15H22ClN3O2. The Balaban J connectivity index is 2.17. The Morgan fingerprint density at radius 3 is 3.00 bits per heavy atom. The summed E-state index contributed by atoms with van der Waals surface area (Å²) in [6, 6.07) is 1.81. The Bertz CT molecular complexity index is 510. The van der Waals surface area contributed by atoms with Crippen molar-refractivity contribution in [2.75, 3.05) is 25.5 Å². The minimum atomic E-state index is -0.0932. The normalized spacial score (nSPS) is 21.3. The Morgan fingerprint density at radius 2 is 2.38 bits per heavy atom. The third kappa shape index (κ3) is 3.66. The maximum Gasteiger partial charge on any atom is 0.255 e. The highest BCUT2D eigenvalue weighted by molar-refractivity contribution is 6.33. The van der Waals surface area contributed by atoms with E-state index in [0.29, 0.717) is 23.0 Å². The van der Waals surface area contributed by atoms with Gasteiger partial charge in [0.2, 0.25) is 0 Å². The topological polar surface area (TPSA) is 54.5 Å². The van der Waals surface area contributed by atoms with Gasteiger partial charge in [-0.05, 0) is 25.8 Å². The Hall–Kier alpha value is -1.33. The summed E-state index contributed by atoms with van der Waals surface area (Å²) in [6.45, 7) is 5.57. The van der Waals surface area contributed by atoms with Gasteiger partial charge in [0.15, 0.2) is 0 Å². The maximum absolute atomic E-state index is 12.7. The molecule has 0 spiro atoms. The number of halogens is 1. The highest BCUT2D eigenvalue weighted by Crippen LogP contribution is 2.24. The van der Waals surface area contributed by atoms with Gasteiger partial charge in [-0.3, -0.25) is 4.79 Å². The highest BCUT2D eigenvalue weighted by atomic mass is 35.5. The molecule has 6 heteroatoms. The molecule has 1 aliphatic rings. The van der Waals surface area contributed by atoms with E-state index in [1.54, 1.807) is 18.0 Å². The number of carbonyl (C=O) groups is 1. The second-order valence-corrected chi connectivity index (χ2v) is 5.73. The van der Waals surface area contributed by atoms with Crippen LogP contribution in [0.3, 0.4) is 0 Å². The Kier molecular flexibility index (Phi) is 5.42. The molecule has 2 rings (SSSR count). The van der Waals surface area contributed by atoms with Crippen molar-refractivity contribution in [2.45, 2.75) is 38.8 Å². The van der Waals surface area contributed by atoms with Crippen LogP contribution in [0.4, 0.5) is 5.82 Å². The molecule has 5 nitrogen and oxygen atoms in total. The molecule has 0 aromatic carbocycles. The summed E-state index contributed by atoms with van der Waals surface area (Å²) in [4.78, 5) is 18.6. The number of carbonyl (C=O) groups excluding carboxylic acids is 1. The highest BCUT2D eigenvalue weighted by Gasteiger charge is 2.31. The van der Waals surface area contributed by atoms with Crippen molar-refractivity contribution in [3.8, 4) is 0 Å². The van der Waals surface area contributed by atoms with E-state index in [0.717, 1.165) is 19.4 Å². The summed E-state index contributed by atoms with van der Waals surface area (Å²) in [6.07, 6.45) is 3.42. The van der Waals surface area contributed by atoms with Crippen LogP contribution in [0, 0.1) is 0 Å². The molecule has 2 atom stereocenters. The third-order valence-electron chi connectivity index (χ3n) is 3.80. The van der Waals surface area contributed by atoms with E-state index in [-0.39, 0.29) is 18.1 Å². The van der Waals surface area contributed by atoms with Gasteiger partial charge in [-0.2, -0.15) is 0 Å². The number of ether oxygens (including phenoxy) is 1. The molecule has 1 amide bonds. The predicted octanol–water partition coefficient (Wildman–Crippen LogP) is 2.81. The molecule has 21 heavy (non-hydrogen) atoms. The quantitative estimate of drug-likeness (QED) is 0.908. The zero-order chi connectivity index (χ0) is 15.4. The van der Waals surface area contributed by atoms with Crippen molar-refractivity contribution in [1.82, 2.24) is 9.88 Å². The lowest BCUT2D eigenvalue weighted by Gasteiger charge is -2.27. The fourth-order valence-corrected chi connectivity index (χ4v) is 2.71. The lowest BCUT2D eigenvalue weighted by molar-refractivity contribution is 0.0575. The van der Waals surface area contributed by atoms with E-state index in [1.807, 2.05) is 6.92 Å². The summed E-state index contributed by atoms with van der Waals surface area (Å²) < 4.78 is 5.53. The number of nitrogens with one attached hydrogen (secondary N) is 1. The molecular weight excluding hydrogens is 290 g/mol. The molecule has 0 bridgehead atoms. The van der Waals surface area contributed by atoms with Gasteiger partial charge in [-0.25, -0.2) is 4.98 Å². The van der Waals surface area contributed by atoms with Crippen LogP contribution in [-0.2, 0) is 4.74 Å². The standard InChI is InChI=1S/C15H22ClN3O2/c1-4-6-17-14-8-11(12(16)9-18-14)15(20)19(3)13-5-7-21-10(13)2/h8-10,13H,4-7H2,1-3H3,(H,17,18). The third-order valence-corrected chi connectivity index (χ3v) is 4.10. The van der Waals surface area contributed by atoms with Crippen LogP contribution in [0.15, 0.2) is 12.3 Å². The predicted molar refractivity (Wildman–Crippen MR) is 83.9 cm³/mol. The second kappa shape index (κ2) is 7.09. The number of pyridine rings is 1. The van der Waals surface area contributed by atoms with Crippen molar-refractivity contribution in [2.24, 2.45) is 0 Å². The summed E-state index contributed by atoms with van der Waals surface area (Å²) >= 11 is 6.14. The van der Waals surface area contributed by atoms with Gasteiger partial charge in [0, 0.05) is 26.4 Å². The molecule has 1 fully saturated rings. The van der Waals surface area contributed by atoms with Crippen LogP contribution in [0.2, 0.25) is 5.02 Å². The van der Waals surface area contributed by atoms with Crippen molar-refractivity contribution in [1.29, 1.82) is 0 Å². The van der Waals surface area contributed by atoms with Crippen LogP contribution < -0.4 is 5.32 Å². The minimum absolute atomic E-state index is 0.0530. The monoisotopic (exact) mass is 311 g/mol. The van der Waals surface area contributed by atoms with Crippen molar-refractivity contribution in [3.05, 3.63) is 22.8 Å². The first kappa shape index (κ1) is 16.0. The number of amides is 1. The van der Waals surface area contributed by atoms with Crippen molar-refractivity contribution >= 4 is 23.3 Å². The first-order chi connectivity index (χ1) is 10.0. The molecule has 0 radical (unpaired) electrons. The van der Waals surface area contributed by atoms with Gasteiger partial charge in [0.05, 0.1) is 22.7 Å². The summed E-state index contributed by atoms with van der Waals surface area (Å²) in [5.41, 5.74) is 0.479. The summed E-state index contributed by atoms with van der Waals surface area (Å²) in [5, 5.41) is 3.54. The number of nitrogens with zero attached hydrogens (tertiary/aromatic N) is 2. The number of hydrogen-bond donors (Lipinski definition) is 1. The van der Waals surface area contributed by atoms with Crippen LogP contribution in [0.25, 0.3) is 0 Å². The van der Waals surface area contributed by atoms with Gasteiger partial charge in [0.1, 0.15) is 5.82 Å². The van der Waals surface area contributed by atoms with Gasteiger partial charge >= 0.3 is 0 Å². The fourth-order valence-electron chi connectivity index (χ4n) is 2.52. The zero-order valence-corrected chi connectivity index (χ0v) is 13.5. The van der Waals surface area contributed by atoms with E-state index in [4.69, 9.17) is 16.3 Å². The van der Waals surface area contributed by atoms with Crippen molar-refractivity contribution in [3.63, 3.8) is 0 Å². The first-order valence-electron chi connectivity index (χ1n) is 7.32. The van der Waals surface area contributed by atoms with E-state index >= 15 is 0 Å². The molecule has 0 saturated carbocycles. The molecule has 2 unspecified atom stereocenters. The van der Waals surface area contributed by atoms with Crippen LogP contribution in [0.1, 0.15) is 37.0 Å².